The van der Waals surface area contributed by atoms with Crippen LogP contribution in [0.5, 0.6) is 17.2 Å². The summed E-state index contributed by atoms with van der Waals surface area (Å²) in [7, 11) is 4.47. The van der Waals surface area contributed by atoms with Gasteiger partial charge in [-0.1, -0.05) is 0 Å². The summed E-state index contributed by atoms with van der Waals surface area (Å²) in [6.45, 7) is 0. The van der Waals surface area contributed by atoms with Gasteiger partial charge >= 0.3 is 0 Å². The van der Waals surface area contributed by atoms with Gasteiger partial charge in [-0.25, -0.2) is 15.0 Å². The summed E-state index contributed by atoms with van der Waals surface area (Å²) in [5, 5.41) is 2.72. The molecule has 3 aromatic rings. The van der Waals surface area contributed by atoms with Crippen molar-refractivity contribution in [3.63, 3.8) is 0 Å². The third-order valence-electron chi connectivity index (χ3n) is 3.59. The molecular formula is C17H17N5O4. The van der Waals surface area contributed by atoms with E-state index >= 15 is 0 Å². The molecule has 0 bridgehead atoms. The molecular weight excluding hydrogens is 338 g/mol. The van der Waals surface area contributed by atoms with Crippen molar-refractivity contribution in [1.82, 2.24) is 19.5 Å². The smallest absolute Gasteiger partial charge is 0.257 e. The van der Waals surface area contributed by atoms with E-state index in [9.17, 15) is 4.79 Å². The molecule has 1 aromatic carbocycles. The Labute approximate surface area is 149 Å². The zero-order valence-corrected chi connectivity index (χ0v) is 14.5. The second-order valence-corrected chi connectivity index (χ2v) is 5.10. The van der Waals surface area contributed by atoms with Crippen molar-refractivity contribution in [2.24, 2.45) is 0 Å². The van der Waals surface area contributed by atoms with Gasteiger partial charge in [0.15, 0.2) is 11.5 Å². The number of nitrogens with zero attached hydrogens (tertiary/aromatic N) is 4. The standard InChI is InChI=1S/C17H17N5O4/c1-24-12-6-11(7-13(25-2)16(12)26-3)17(23)21-14-8-15(20-9-19-14)22-5-4-18-10-22/h4-10H,1-3H3,(H,19,20,21,23). The first-order valence-corrected chi connectivity index (χ1v) is 7.58. The first kappa shape index (κ1) is 17.2. The Morgan fingerprint density at radius 1 is 1.04 bits per heavy atom. The average Bonchev–Trinajstić information content (AvgIpc) is 3.21. The number of amides is 1. The largest absolute Gasteiger partial charge is 0.493 e. The molecule has 1 amide bonds. The van der Waals surface area contributed by atoms with E-state index in [4.69, 9.17) is 14.2 Å². The van der Waals surface area contributed by atoms with Gasteiger partial charge in [0.1, 0.15) is 24.3 Å². The number of nitrogens with one attached hydrogen (secondary N) is 1. The highest BCUT2D eigenvalue weighted by molar-refractivity contribution is 6.04. The molecule has 0 aliphatic rings. The van der Waals surface area contributed by atoms with E-state index < -0.39 is 0 Å². The number of imidazole rings is 1. The number of anilines is 1. The minimum absolute atomic E-state index is 0.335. The molecule has 134 valence electrons. The van der Waals surface area contributed by atoms with Gasteiger partial charge in [0.05, 0.1) is 21.3 Å². The van der Waals surface area contributed by atoms with Gasteiger partial charge < -0.3 is 19.5 Å². The summed E-state index contributed by atoms with van der Waals surface area (Å²) >= 11 is 0. The Kier molecular flexibility index (Phi) is 4.97. The summed E-state index contributed by atoms with van der Waals surface area (Å²) in [6, 6.07) is 4.76. The number of benzene rings is 1. The minimum atomic E-state index is -0.375. The number of carbonyl (C=O) groups is 1. The molecule has 0 saturated heterocycles. The van der Waals surface area contributed by atoms with Crippen LogP contribution in [-0.2, 0) is 0 Å². The summed E-state index contributed by atoms with van der Waals surface area (Å²) in [5.41, 5.74) is 0.335. The van der Waals surface area contributed by atoms with Crippen molar-refractivity contribution in [2.45, 2.75) is 0 Å². The van der Waals surface area contributed by atoms with E-state index in [1.54, 1.807) is 41.5 Å². The zero-order chi connectivity index (χ0) is 18.5. The van der Waals surface area contributed by atoms with E-state index in [1.165, 1.54) is 27.7 Å². The van der Waals surface area contributed by atoms with Crippen molar-refractivity contribution in [2.75, 3.05) is 26.6 Å². The number of rotatable bonds is 6. The highest BCUT2D eigenvalue weighted by atomic mass is 16.5. The van der Waals surface area contributed by atoms with Crippen LogP contribution in [0.3, 0.4) is 0 Å². The van der Waals surface area contributed by atoms with Gasteiger partial charge in [-0.3, -0.25) is 9.36 Å². The van der Waals surface area contributed by atoms with Crippen molar-refractivity contribution < 1.29 is 19.0 Å². The van der Waals surface area contributed by atoms with Crippen LogP contribution < -0.4 is 19.5 Å². The molecule has 9 heteroatoms. The lowest BCUT2D eigenvalue weighted by Gasteiger charge is -2.14. The maximum absolute atomic E-state index is 12.6. The summed E-state index contributed by atoms with van der Waals surface area (Å²) in [5.74, 6) is 1.74. The molecule has 0 fully saturated rings. The van der Waals surface area contributed by atoms with Crippen LogP contribution >= 0.6 is 0 Å². The monoisotopic (exact) mass is 355 g/mol. The van der Waals surface area contributed by atoms with Gasteiger partial charge in [-0.15, -0.1) is 0 Å². The fourth-order valence-corrected chi connectivity index (χ4v) is 2.35. The zero-order valence-electron chi connectivity index (χ0n) is 14.5. The Morgan fingerprint density at radius 2 is 1.77 bits per heavy atom. The van der Waals surface area contributed by atoms with Crippen molar-refractivity contribution >= 4 is 11.7 Å². The average molecular weight is 355 g/mol. The van der Waals surface area contributed by atoms with Crippen molar-refractivity contribution in [3.8, 4) is 23.1 Å². The molecule has 1 N–H and O–H groups in total. The van der Waals surface area contributed by atoms with E-state index in [1.807, 2.05) is 0 Å². The topological polar surface area (TPSA) is 100 Å². The third-order valence-corrected chi connectivity index (χ3v) is 3.59. The van der Waals surface area contributed by atoms with E-state index in [-0.39, 0.29) is 5.91 Å². The Morgan fingerprint density at radius 3 is 2.35 bits per heavy atom. The first-order valence-electron chi connectivity index (χ1n) is 7.58. The maximum Gasteiger partial charge on any atom is 0.257 e. The van der Waals surface area contributed by atoms with E-state index in [0.717, 1.165) is 0 Å². The van der Waals surface area contributed by atoms with Gasteiger partial charge in [0, 0.05) is 24.0 Å². The molecule has 2 aromatic heterocycles. The SMILES string of the molecule is COc1cc(C(=O)Nc2cc(-n3ccnc3)ncn2)cc(OC)c1OC. The number of hydrogen-bond donors (Lipinski definition) is 1. The molecule has 0 spiro atoms. The second kappa shape index (κ2) is 7.51. The van der Waals surface area contributed by atoms with Crippen LogP contribution in [0.25, 0.3) is 5.82 Å². The summed E-state index contributed by atoms with van der Waals surface area (Å²) in [4.78, 5) is 24.8. The third kappa shape index (κ3) is 3.41. The predicted octanol–water partition coefficient (Wildman–Crippen LogP) is 1.94. The first-order chi connectivity index (χ1) is 12.7. The summed E-state index contributed by atoms with van der Waals surface area (Å²) in [6.07, 6.45) is 6.34. The molecule has 2 heterocycles. The van der Waals surface area contributed by atoms with E-state index in [0.29, 0.717) is 34.4 Å². The van der Waals surface area contributed by atoms with E-state index in [2.05, 4.69) is 20.3 Å². The van der Waals surface area contributed by atoms with Crippen LogP contribution in [0.15, 0.2) is 43.2 Å². The van der Waals surface area contributed by atoms with Crippen LogP contribution in [0.1, 0.15) is 10.4 Å². The fraction of sp³-hybridized carbons (Fsp3) is 0.176. The normalized spacial score (nSPS) is 10.3. The molecule has 0 radical (unpaired) electrons. The Bertz CT molecular complexity index is 886. The van der Waals surface area contributed by atoms with Crippen LogP contribution in [0, 0.1) is 0 Å². The van der Waals surface area contributed by atoms with Gasteiger partial charge in [-0.05, 0) is 12.1 Å². The van der Waals surface area contributed by atoms with Gasteiger partial charge in [0.25, 0.3) is 5.91 Å². The fourth-order valence-electron chi connectivity index (χ4n) is 2.35. The highest BCUT2D eigenvalue weighted by Gasteiger charge is 2.17. The van der Waals surface area contributed by atoms with Gasteiger partial charge in [-0.2, -0.15) is 0 Å². The number of ether oxygens (including phenoxy) is 3. The minimum Gasteiger partial charge on any atom is -0.493 e. The number of aromatic nitrogens is 4. The quantitative estimate of drug-likeness (QED) is 0.721. The Balaban J connectivity index is 1.88. The van der Waals surface area contributed by atoms with Crippen molar-refractivity contribution in [1.29, 1.82) is 0 Å². The highest BCUT2D eigenvalue weighted by Crippen LogP contribution is 2.38. The van der Waals surface area contributed by atoms with Crippen molar-refractivity contribution in [3.05, 3.63) is 48.8 Å². The second-order valence-electron chi connectivity index (χ2n) is 5.10. The molecule has 0 unspecified atom stereocenters. The molecule has 0 atom stereocenters. The van der Waals surface area contributed by atoms with Gasteiger partial charge in [0.2, 0.25) is 5.75 Å². The number of carbonyl (C=O) groups excluding carboxylic acids is 1. The van der Waals surface area contributed by atoms with Crippen LogP contribution in [0.4, 0.5) is 5.82 Å². The molecule has 0 saturated carbocycles. The lowest BCUT2D eigenvalue weighted by atomic mass is 10.1. The maximum atomic E-state index is 12.6. The number of methoxy groups -OCH3 is 3. The lowest BCUT2D eigenvalue weighted by molar-refractivity contribution is 0.102. The lowest BCUT2D eigenvalue weighted by Crippen LogP contribution is -2.14. The molecule has 0 aliphatic carbocycles. The molecule has 0 aliphatic heterocycles. The molecule has 3 rings (SSSR count). The predicted molar refractivity (Wildman–Crippen MR) is 93.2 cm³/mol. The molecule has 9 nitrogen and oxygen atoms in total. The molecule has 26 heavy (non-hydrogen) atoms. The summed E-state index contributed by atoms with van der Waals surface area (Å²) < 4.78 is 17.5. The van der Waals surface area contributed by atoms with Crippen LogP contribution in [0.2, 0.25) is 0 Å². The number of hydrogen-bond acceptors (Lipinski definition) is 7. The Hall–Kier alpha value is -3.62. The van der Waals surface area contributed by atoms with Crippen LogP contribution in [-0.4, -0.2) is 46.8 Å².